The molecule has 3 nitrogen and oxygen atoms in total. The molecule has 0 N–H and O–H groups in total. The maximum Gasteiger partial charge on any atom is 0.416 e. The second-order valence-corrected chi connectivity index (χ2v) is 11.4. The number of nitrogens with zero attached hydrogens (tertiary/aromatic N) is 1. The van der Waals surface area contributed by atoms with Gasteiger partial charge >= 0.3 is 12.4 Å². The predicted octanol–water partition coefficient (Wildman–Crippen LogP) is 7.25. The van der Waals surface area contributed by atoms with E-state index in [1.807, 2.05) is 4.90 Å². The maximum atomic E-state index is 13.8. The first kappa shape index (κ1) is 26.0. The van der Waals surface area contributed by atoms with Crippen molar-refractivity contribution in [2.24, 2.45) is 17.8 Å². The Morgan fingerprint density at radius 3 is 2.21 bits per heavy atom. The Bertz CT molecular complexity index is 1180. The molecule has 6 rings (SSSR count). The first-order chi connectivity index (χ1) is 18.0. The number of alkyl halides is 6. The van der Waals surface area contributed by atoms with Crippen LogP contribution in [0.5, 0.6) is 5.75 Å². The lowest BCUT2D eigenvalue weighted by Crippen LogP contribution is -2.57. The molecule has 3 heterocycles. The van der Waals surface area contributed by atoms with Crippen molar-refractivity contribution in [3.05, 3.63) is 64.2 Å². The van der Waals surface area contributed by atoms with Gasteiger partial charge in [0.1, 0.15) is 11.9 Å². The first-order valence-corrected chi connectivity index (χ1v) is 13.4. The average molecular weight is 540 g/mol. The van der Waals surface area contributed by atoms with Crippen LogP contribution in [0, 0.1) is 17.8 Å². The smallest absolute Gasteiger partial charge is 0.416 e. The summed E-state index contributed by atoms with van der Waals surface area (Å²) in [6, 6.07) is 7.47. The monoisotopic (exact) mass is 539 g/mol. The molecule has 3 aliphatic heterocycles. The van der Waals surface area contributed by atoms with Crippen molar-refractivity contribution in [3.8, 4) is 5.75 Å². The molecular weight excluding hydrogens is 508 g/mol. The number of likely N-dealkylation sites (tertiary alicyclic amines) is 1. The number of piperidine rings is 1. The molecule has 0 aromatic heterocycles. The normalized spacial score (nSPS) is 28.9. The van der Waals surface area contributed by atoms with Crippen LogP contribution in [-0.2, 0) is 23.5 Å². The van der Waals surface area contributed by atoms with Gasteiger partial charge in [-0.3, -0.25) is 4.90 Å². The Kier molecular flexibility index (Phi) is 6.45. The zero-order valence-corrected chi connectivity index (χ0v) is 21.1. The van der Waals surface area contributed by atoms with E-state index in [1.165, 1.54) is 24.0 Å². The van der Waals surface area contributed by atoms with Gasteiger partial charge in [-0.15, -0.1) is 0 Å². The highest BCUT2D eigenvalue weighted by molar-refractivity contribution is 5.42. The van der Waals surface area contributed by atoms with E-state index in [2.05, 4.69) is 18.2 Å². The van der Waals surface area contributed by atoms with E-state index >= 15 is 0 Å². The summed E-state index contributed by atoms with van der Waals surface area (Å²) < 4.78 is 94.0. The van der Waals surface area contributed by atoms with Gasteiger partial charge in [-0.1, -0.05) is 12.1 Å². The predicted molar refractivity (Wildman–Crippen MR) is 129 cm³/mol. The average Bonchev–Trinajstić information content (AvgIpc) is 3.71. The van der Waals surface area contributed by atoms with Gasteiger partial charge in [-0.2, -0.15) is 26.3 Å². The summed E-state index contributed by atoms with van der Waals surface area (Å²) in [6.45, 7) is 3.41. The van der Waals surface area contributed by atoms with Crippen molar-refractivity contribution < 1.29 is 35.8 Å². The van der Waals surface area contributed by atoms with Crippen LogP contribution in [0.15, 0.2) is 36.4 Å². The Labute approximate surface area is 218 Å². The number of benzene rings is 2. The first-order valence-electron chi connectivity index (χ1n) is 13.4. The lowest BCUT2D eigenvalue weighted by atomic mass is 9.71. The minimum atomic E-state index is -4.74. The van der Waals surface area contributed by atoms with Crippen molar-refractivity contribution in [3.63, 3.8) is 0 Å². The summed E-state index contributed by atoms with van der Waals surface area (Å²) in [4.78, 5) is 1.90. The third-order valence-electron chi connectivity index (χ3n) is 8.92. The van der Waals surface area contributed by atoms with Gasteiger partial charge in [0.05, 0.1) is 24.3 Å². The quantitative estimate of drug-likeness (QED) is 0.382. The molecule has 1 saturated carbocycles. The minimum Gasteiger partial charge on any atom is -0.490 e. The second kappa shape index (κ2) is 9.44. The van der Waals surface area contributed by atoms with E-state index in [1.54, 1.807) is 6.92 Å². The fourth-order valence-electron chi connectivity index (χ4n) is 6.82. The Morgan fingerprint density at radius 1 is 0.868 bits per heavy atom. The zero-order chi connectivity index (χ0) is 26.8. The summed E-state index contributed by atoms with van der Waals surface area (Å²) in [6.07, 6.45) is -5.26. The Balaban J connectivity index is 1.24. The molecule has 3 fully saturated rings. The lowest BCUT2D eigenvalue weighted by molar-refractivity contribution is -0.143. The molecule has 5 atom stereocenters. The highest BCUT2D eigenvalue weighted by Gasteiger charge is 2.48. The Hall–Kier alpha value is -2.26. The standard InChI is InChI=1S/C29H31F6NO2/c1-16(23-11-22(28(30,31)32)7-8-24(23)29(33,34)35)36-12-20-14-37-15-21(13-36)27(20)25-9-6-18-4-5-19(17-2-3-17)10-26(18)38-25/h4-5,7-8,10-11,16-17,20-21,25,27H,2-3,6,9,12-15H2,1H3/t16-,20-,21+,25?,27?/m1/s1. The van der Waals surface area contributed by atoms with Crippen LogP contribution in [0.4, 0.5) is 26.3 Å². The van der Waals surface area contributed by atoms with Gasteiger partial charge in [-0.05, 0) is 79.5 Å². The number of fused-ring (bicyclic) bond motifs is 3. The summed E-state index contributed by atoms with van der Waals surface area (Å²) in [5, 5.41) is 0. The van der Waals surface area contributed by atoms with Gasteiger partial charge in [-0.25, -0.2) is 0 Å². The highest BCUT2D eigenvalue weighted by Crippen LogP contribution is 2.47. The topological polar surface area (TPSA) is 21.7 Å². The van der Waals surface area contributed by atoms with Crippen molar-refractivity contribution in [1.82, 2.24) is 4.90 Å². The SMILES string of the molecule is C[C@H](c1cc(C(F)(F)F)ccc1C(F)(F)F)N1C[C@H]2COC[C@@H](C1)C2C1CCc2ccc(C3CC3)cc2O1. The molecule has 4 aliphatic rings. The third kappa shape index (κ3) is 4.92. The molecule has 1 aliphatic carbocycles. The molecule has 2 saturated heterocycles. The lowest BCUT2D eigenvalue weighted by Gasteiger charge is -2.51. The molecular formula is C29H31F6NO2. The molecule has 9 heteroatoms. The van der Waals surface area contributed by atoms with Crippen LogP contribution < -0.4 is 4.74 Å². The van der Waals surface area contributed by atoms with Gasteiger partial charge < -0.3 is 9.47 Å². The summed E-state index contributed by atoms with van der Waals surface area (Å²) in [5.41, 5.74) is 0.117. The number of aryl methyl sites for hydroxylation is 1. The maximum absolute atomic E-state index is 13.8. The van der Waals surface area contributed by atoms with Crippen LogP contribution in [-0.4, -0.2) is 37.3 Å². The number of hydrogen-bond acceptors (Lipinski definition) is 3. The van der Waals surface area contributed by atoms with Crippen molar-refractivity contribution in [2.75, 3.05) is 26.3 Å². The van der Waals surface area contributed by atoms with Crippen LogP contribution >= 0.6 is 0 Å². The number of halogens is 6. The molecule has 2 aromatic carbocycles. The van der Waals surface area contributed by atoms with E-state index in [-0.39, 0.29) is 29.4 Å². The van der Waals surface area contributed by atoms with E-state index in [0.29, 0.717) is 50.4 Å². The summed E-state index contributed by atoms with van der Waals surface area (Å²) in [7, 11) is 0. The van der Waals surface area contributed by atoms with Crippen molar-refractivity contribution in [1.29, 1.82) is 0 Å². The van der Waals surface area contributed by atoms with E-state index in [9.17, 15) is 26.3 Å². The molecule has 2 unspecified atom stereocenters. The molecule has 206 valence electrons. The number of ether oxygens (including phenoxy) is 2. The molecule has 0 radical (unpaired) electrons. The van der Waals surface area contributed by atoms with Gasteiger partial charge in [0.15, 0.2) is 0 Å². The van der Waals surface area contributed by atoms with Gasteiger partial charge in [0, 0.05) is 36.9 Å². The van der Waals surface area contributed by atoms with Crippen LogP contribution in [0.25, 0.3) is 0 Å². The van der Waals surface area contributed by atoms with Crippen molar-refractivity contribution in [2.45, 2.75) is 63.0 Å². The third-order valence-corrected chi connectivity index (χ3v) is 8.92. The molecule has 0 spiro atoms. The zero-order valence-electron chi connectivity index (χ0n) is 21.1. The van der Waals surface area contributed by atoms with E-state index < -0.39 is 29.5 Å². The largest absolute Gasteiger partial charge is 0.490 e. The van der Waals surface area contributed by atoms with Gasteiger partial charge in [0.25, 0.3) is 0 Å². The second-order valence-electron chi connectivity index (χ2n) is 11.4. The van der Waals surface area contributed by atoms with E-state index in [4.69, 9.17) is 9.47 Å². The Morgan fingerprint density at radius 2 is 1.58 bits per heavy atom. The number of hydrogen-bond donors (Lipinski definition) is 0. The minimum absolute atomic E-state index is 0.00685. The molecule has 2 bridgehead atoms. The fourth-order valence-corrected chi connectivity index (χ4v) is 6.82. The molecule has 38 heavy (non-hydrogen) atoms. The van der Waals surface area contributed by atoms with Crippen LogP contribution in [0.2, 0.25) is 0 Å². The highest BCUT2D eigenvalue weighted by atomic mass is 19.4. The van der Waals surface area contributed by atoms with Crippen molar-refractivity contribution >= 4 is 0 Å². The number of rotatable bonds is 4. The molecule has 2 aromatic rings. The summed E-state index contributed by atoms with van der Waals surface area (Å²) >= 11 is 0. The summed E-state index contributed by atoms with van der Waals surface area (Å²) in [5.74, 6) is 1.82. The van der Waals surface area contributed by atoms with Crippen LogP contribution in [0.3, 0.4) is 0 Å². The van der Waals surface area contributed by atoms with Gasteiger partial charge in [0.2, 0.25) is 0 Å². The van der Waals surface area contributed by atoms with Crippen LogP contribution in [0.1, 0.15) is 66.0 Å². The molecule has 0 amide bonds. The van der Waals surface area contributed by atoms with E-state index in [0.717, 1.165) is 18.6 Å². The fraction of sp³-hybridized carbons (Fsp3) is 0.586.